The molecule has 0 aliphatic carbocycles. The van der Waals surface area contributed by atoms with Crippen LogP contribution in [0.25, 0.3) is 0 Å². The number of hydrogen-bond acceptors (Lipinski definition) is 7. The fourth-order valence-electron chi connectivity index (χ4n) is 2.23. The lowest BCUT2D eigenvalue weighted by Crippen LogP contribution is -2.25. The maximum atomic E-state index is 12.0. The molecule has 2 rings (SSSR count). The number of rotatable bonds is 8. The molecule has 1 amide bonds. The molecule has 2 aromatic carbocycles. The minimum absolute atomic E-state index is 0.0131. The van der Waals surface area contributed by atoms with Gasteiger partial charge in [0.1, 0.15) is 11.5 Å². The zero-order valence-electron chi connectivity index (χ0n) is 15.4. The number of carbonyl (C=O) groups is 1. The second kappa shape index (κ2) is 9.70. The van der Waals surface area contributed by atoms with Gasteiger partial charge in [0.2, 0.25) is 0 Å². The van der Waals surface area contributed by atoms with Gasteiger partial charge in [0, 0.05) is 22.2 Å². The summed E-state index contributed by atoms with van der Waals surface area (Å²) in [6.07, 6.45) is 0. The van der Waals surface area contributed by atoms with Crippen molar-refractivity contribution in [3.8, 4) is 17.2 Å². The van der Waals surface area contributed by atoms with Gasteiger partial charge >= 0.3 is 5.69 Å². The van der Waals surface area contributed by atoms with Crippen LogP contribution < -0.4 is 19.6 Å². The molecule has 148 valence electrons. The van der Waals surface area contributed by atoms with Crippen molar-refractivity contribution < 1.29 is 23.9 Å². The molecule has 0 bridgehead atoms. The molecule has 0 atom stereocenters. The molecule has 0 saturated carbocycles. The van der Waals surface area contributed by atoms with Crippen molar-refractivity contribution in [1.29, 1.82) is 0 Å². The molecule has 0 saturated heterocycles. The van der Waals surface area contributed by atoms with Gasteiger partial charge in [-0.1, -0.05) is 15.9 Å². The van der Waals surface area contributed by atoms with Crippen LogP contribution in [0.15, 0.2) is 46.0 Å². The van der Waals surface area contributed by atoms with Crippen molar-refractivity contribution in [3.05, 3.63) is 56.5 Å². The smallest absolute Gasteiger partial charge is 0.312 e. The molecule has 0 heterocycles. The number of carbonyl (C=O) groups excluding carboxylic acids is 1. The highest BCUT2D eigenvalue weighted by molar-refractivity contribution is 9.10. The summed E-state index contributed by atoms with van der Waals surface area (Å²) in [6, 6.07) is 9.49. The molecule has 0 aliphatic rings. The van der Waals surface area contributed by atoms with Crippen LogP contribution >= 0.6 is 15.9 Å². The molecule has 0 unspecified atom stereocenters. The number of halogens is 1. The number of ether oxygens (including phenoxy) is 3. The van der Waals surface area contributed by atoms with E-state index in [2.05, 4.69) is 26.5 Å². The largest absolute Gasteiger partial charge is 0.497 e. The van der Waals surface area contributed by atoms with Crippen molar-refractivity contribution in [1.82, 2.24) is 5.43 Å². The van der Waals surface area contributed by atoms with E-state index in [-0.39, 0.29) is 11.4 Å². The van der Waals surface area contributed by atoms with Crippen molar-refractivity contribution >= 4 is 33.2 Å². The number of nitrogens with zero attached hydrogens (tertiary/aromatic N) is 2. The third-order valence-electron chi connectivity index (χ3n) is 3.62. The van der Waals surface area contributed by atoms with Crippen LogP contribution in [-0.4, -0.2) is 37.4 Å². The molecular formula is C18H18BrN3O6. The summed E-state index contributed by atoms with van der Waals surface area (Å²) in [6.45, 7) is 1.27. The first-order valence-electron chi connectivity index (χ1n) is 7.98. The zero-order valence-corrected chi connectivity index (χ0v) is 17.0. The number of hydrogen-bond donors (Lipinski definition) is 1. The van der Waals surface area contributed by atoms with E-state index in [9.17, 15) is 14.9 Å². The molecule has 2 aromatic rings. The summed E-state index contributed by atoms with van der Waals surface area (Å²) >= 11 is 3.15. The first-order valence-corrected chi connectivity index (χ1v) is 8.77. The van der Waals surface area contributed by atoms with E-state index in [0.717, 1.165) is 0 Å². The molecule has 0 aliphatic heterocycles. The van der Waals surface area contributed by atoms with Gasteiger partial charge in [0.15, 0.2) is 12.4 Å². The van der Waals surface area contributed by atoms with Crippen LogP contribution in [-0.2, 0) is 4.79 Å². The maximum absolute atomic E-state index is 12.0. The van der Waals surface area contributed by atoms with Gasteiger partial charge in [-0.25, -0.2) is 5.43 Å². The van der Waals surface area contributed by atoms with Gasteiger partial charge in [-0.05, 0) is 31.2 Å². The minimum atomic E-state index is -0.587. The van der Waals surface area contributed by atoms with Crippen LogP contribution in [0.4, 0.5) is 5.69 Å². The highest BCUT2D eigenvalue weighted by atomic mass is 79.9. The number of benzene rings is 2. The predicted octanol–water partition coefficient (Wildman–Crippen LogP) is 3.29. The Morgan fingerprint density at radius 1 is 1.18 bits per heavy atom. The third-order valence-corrected chi connectivity index (χ3v) is 4.12. The highest BCUT2D eigenvalue weighted by Crippen LogP contribution is 2.30. The molecule has 1 N–H and O–H groups in total. The number of nitro groups is 1. The van der Waals surface area contributed by atoms with E-state index >= 15 is 0 Å². The molecule has 0 spiro atoms. The molecule has 0 aromatic heterocycles. The molecule has 9 nitrogen and oxygen atoms in total. The maximum Gasteiger partial charge on any atom is 0.312 e. The third kappa shape index (κ3) is 5.43. The standard InChI is InChI=1S/C18H18BrN3O6/c1-11(14-6-5-13(26-2)9-17(14)27-3)20-21-18(23)10-28-16-7-4-12(19)8-15(16)22(24)25/h4-9H,10H2,1-3H3,(H,21,23)/b20-11+. The van der Waals surface area contributed by atoms with Crippen molar-refractivity contribution in [3.63, 3.8) is 0 Å². The lowest BCUT2D eigenvalue weighted by atomic mass is 10.1. The summed E-state index contributed by atoms with van der Waals surface area (Å²) < 4.78 is 16.2. The monoisotopic (exact) mass is 451 g/mol. The van der Waals surface area contributed by atoms with Crippen molar-refractivity contribution in [2.45, 2.75) is 6.92 Å². The van der Waals surface area contributed by atoms with Gasteiger partial charge in [0.05, 0.1) is 24.9 Å². The number of nitrogens with one attached hydrogen (secondary N) is 1. The Labute approximate surface area is 169 Å². The average molecular weight is 452 g/mol. The van der Waals surface area contributed by atoms with Crippen LogP contribution in [0.2, 0.25) is 0 Å². The zero-order chi connectivity index (χ0) is 20.7. The fourth-order valence-corrected chi connectivity index (χ4v) is 2.58. The Bertz CT molecular complexity index is 916. The average Bonchev–Trinajstić information content (AvgIpc) is 2.70. The normalized spacial score (nSPS) is 10.9. The molecule has 10 heteroatoms. The lowest BCUT2D eigenvalue weighted by Gasteiger charge is -2.10. The van der Waals surface area contributed by atoms with Gasteiger partial charge in [-0.15, -0.1) is 0 Å². The lowest BCUT2D eigenvalue weighted by molar-refractivity contribution is -0.385. The van der Waals surface area contributed by atoms with E-state index in [1.807, 2.05) is 0 Å². The quantitative estimate of drug-likeness (QED) is 0.374. The van der Waals surface area contributed by atoms with Crippen LogP contribution in [0.5, 0.6) is 17.2 Å². The Hall–Kier alpha value is -3.14. The Balaban J connectivity index is 2.03. The van der Waals surface area contributed by atoms with Crippen molar-refractivity contribution in [2.75, 3.05) is 20.8 Å². The Morgan fingerprint density at radius 2 is 1.93 bits per heavy atom. The van der Waals surface area contributed by atoms with Crippen LogP contribution in [0, 0.1) is 10.1 Å². The topological polar surface area (TPSA) is 112 Å². The first kappa shape index (κ1) is 21.2. The number of hydrazone groups is 1. The van der Waals surface area contributed by atoms with Crippen LogP contribution in [0.1, 0.15) is 12.5 Å². The fraction of sp³-hybridized carbons (Fsp3) is 0.222. The summed E-state index contributed by atoms with van der Waals surface area (Å²) in [4.78, 5) is 22.5. The van der Waals surface area contributed by atoms with E-state index in [4.69, 9.17) is 14.2 Å². The predicted molar refractivity (Wildman–Crippen MR) is 106 cm³/mol. The van der Waals surface area contributed by atoms with Gasteiger partial charge in [-0.3, -0.25) is 14.9 Å². The van der Waals surface area contributed by atoms with E-state index < -0.39 is 17.4 Å². The first-order chi connectivity index (χ1) is 13.3. The Morgan fingerprint density at radius 3 is 2.57 bits per heavy atom. The van der Waals surface area contributed by atoms with Gasteiger partial charge in [-0.2, -0.15) is 5.10 Å². The van der Waals surface area contributed by atoms with Gasteiger partial charge in [0.25, 0.3) is 5.91 Å². The number of amides is 1. The van der Waals surface area contributed by atoms with Crippen molar-refractivity contribution in [2.24, 2.45) is 5.10 Å². The SMILES string of the molecule is COc1ccc(/C(C)=N/NC(=O)COc2ccc(Br)cc2[N+](=O)[O-])c(OC)c1. The summed E-state index contributed by atoms with van der Waals surface area (Å²) in [5, 5.41) is 15.1. The Kier molecular flexibility index (Phi) is 7.33. The molecule has 28 heavy (non-hydrogen) atoms. The minimum Gasteiger partial charge on any atom is -0.497 e. The van der Waals surface area contributed by atoms with E-state index in [1.165, 1.54) is 19.2 Å². The molecule has 0 radical (unpaired) electrons. The van der Waals surface area contributed by atoms with Gasteiger partial charge < -0.3 is 14.2 Å². The summed E-state index contributed by atoms with van der Waals surface area (Å²) in [5.74, 6) is 0.587. The second-order valence-corrected chi connectivity index (χ2v) is 6.37. The van der Waals surface area contributed by atoms with E-state index in [1.54, 1.807) is 38.3 Å². The van der Waals surface area contributed by atoms with E-state index in [0.29, 0.717) is 27.2 Å². The number of methoxy groups -OCH3 is 2. The van der Waals surface area contributed by atoms with Crippen LogP contribution in [0.3, 0.4) is 0 Å². The second-order valence-electron chi connectivity index (χ2n) is 5.46. The summed E-state index contributed by atoms with van der Waals surface area (Å²) in [5.41, 5.74) is 3.28. The molecular weight excluding hydrogens is 434 g/mol. The summed E-state index contributed by atoms with van der Waals surface area (Å²) in [7, 11) is 3.06. The number of nitro benzene ring substituents is 1. The molecule has 0 fully saturated rings. The highest BCUT2D eigenvalue weighted by Gasteiger charge is 2.16.